The van der Waals surface area contributed by atoms with E-state index in [0.29, 0.717) is 25.7 Å². The highest BCUT2D eigenvalue weighted by Gasteiger charge is 2.96. The molecule has 6 fully saturated rings. The van der Waals surface area contributed by atoms with E-state index in [1.165, 1.54) is 0 Å². The van der Waals surface area contributed by atoms with Gasteiger partial charge < -0.3 is 28.4 Å². The number of methoxy groups -OCH3 is 2. The molecule has 4 saturated heterocycles. The predicted molar refractivity (Wildman–Crippen MR) is 99.8 cm³/mol. The van der Waals surface area contributed by atoms with Crippen LogP contribution in [-0.4, -0.2) is 69.8 Å². The average molecular weight is 395 g/mol. The molecule has 0 N–H and O–H groups in total. The van der Waals surface area contributed by atoms with Gasteiger partial charge in [0.05, 0.1) is 43.5 Å². The van der Waals surface area contributed by atoms with Crippen LogP contribution in [0.3, 0.4) is 0 Å². The van der Waals surface area contributed by atoms with Gasteiger partial charge in [0.1, 0.15) is 11.2 Å². The largest absolute Gasteiger partial charge is 0.378 e. The Morgan fingerprint density at radius 1 is 1.00 bits per heavy atom. The minimum atomic E-state index is -0.540. The van der Waals surface area contributed by atoms with E-state index in [4.69, 9.17) is 28.4 Å². The lowest BCUT2D eigenvalue weighted by molar-refractivity contribution is -0.252. The fourth-order valence-corrected chi connectivity index (χ4v) is 9.15. The van der Waals surface area contributed by atoms with Gasteiger partial charge in [0.2, 0.25) is 0 Å². The molecule has 158 valence electrons. The van der Waals surface area contributed by atoms with Crippen LogP contribution in [0.4, 0.5) is 0 Å². The Kier molecular flexibility index (Phi) is 3.40. The fraction of sp³-hybridized carbons (Fsp3) is 1.00. The van der Waals surface area contributed by atoms with Crippen molar-refractivity contribution in [1.29, 1.82) is 0 Å². The third-order valence-electron chi connectivity index (χ3n) is 9.75. The number of ether oxygens (including phenoxy) is 6. The summed E-state index contributed by atoms with van der Waals surface area (Å²) < 4.78 is 38.9. The van der Waals surface area contributed by atoms with E-state index in [2.05, 4.69) is 27.7 Å². The molecule has 0 aromatic carbocycles. The summed E-state index contributed by atoms with van der Waals surface area (Å²) in [5, 5.41) is 0. The van der Waals surface area contributed by atoms with Crippen LogP contribution in [0.25, 0.3) is 0 Å². The molecular formula is C22H34O6. The first-order chi connectivity index (χ1) is 13.3. The SMILES string of the molecule is CO[C@H]1CO[C@H]2O[C@]34COC5C[C@@H](C(C)(C)C)C21C53CC1OC[C@@H](C)[C@@]14OC. The summed E-state index contributed by atoms with van der Waals surface area (Å²) in [6, 6.07) is 0. The molecule has 6 nitrogen and oxygen atoms in total. The minimum Gasteiger partial charge on any atom is -0.378 e. The molecule has 6 heteroatoms. The Hall–Kier alpha value is -0.240. The molecule has 4 heterocycles. The molecule has 0 amide bonds. The maximum atomic E-state index is 7.04. The predicted octanol–water partition coefficient (Wildman–Crippen LogP) is 2.39. The van der Waals surface area contributed by atoms with Crippen LogP contribution in [0.5, 0.6) is 0 Å². The zero-order chi connectivity index (χ0) is 19.7. The first-order valence-corrected chi connectivity index (χ1v) is 10.9. The van der Waals surface area contributed by atoms with E-state index in [1.54, 1.807) is 0 Å². The normalized spacial score (nSPS) is 61.5. The second kappa shape index (κ2) is 5.14. The van der Waals surface area contributed by atoms with Gasteiger partial charge in [0.15, 0.2) is 6.29 Å². The van der Waals surface area contributed by atoms with Crippen LogP contribution >= 0.6 is 0 Å². The molecule has 4 unspecified atom stereocenters. The molecular weight excluding hydrogens is 360 g/mol. The summed E-state index contributed by atoms with van der Waals surface area (Å²) in [5.41, 5.74) is -1.38. The van der Waals surface area contributed by atoms with E-state index in [9.17, 15) is 0 Å². The highest BCUT2D eigenvalue weighted by molar-refractivity contribution is 5.41. The van der Waals surface area contributed by atoms with Gasteiger partial charge in [0, 0.05) is 25.6 Å². The average Bonchev–Trinajstić information content (AvgIpc) is 3.37. The fourth-order valence-electron chi connectivity index (χ4n) is 9.15. The Morgan fingerprint density at radius 2 is 1.79 bits per heavy atom. The van der Waals surface area contributed by atoms with E-state index < -0.39 is 11.2 Å². The summed E-state index contributed by atoms with van der Waals surface area (Å²) in [7, 11) is 3.65. The van der Waals surface area contributed by atoms with Gasteiger partial charge in [-0.15, -0.1) is 0 Å². The molecule has 0 bridgehead atoms. The number of hydrogen-bond donors (Lipinski definition) is 0. The van der Waals surface area contributed by atoms with Crippen LogP contribution in [0.2, 0.25) is 0 Å². The maximum Gasteiger partial charge on any atom is 0.167 e. The monoisotopic (exact) mass is 394 g/mol. The van der Waals surface area contributed by atoms with Crippen molar-refractivity contribution in [2.24, 2.45) is 28.1 Å². The van der Waals surface area contributed by atoms with Gasteiger partial charge in [-0.2, -0.15) is 0 Å². The van der Waals surface area contributed by atoms with Crippen molar-refractivity contribution in [3.63, 3.8) is 0 Å². The maximum absolute atomic E-state index is 7.04. The van der Waals surface area contributed by atoms with Crippen LogP contribution in [-0.2, 0) is 28.4 Å². The molecule has 6 aliphatic rings. The molecule has 4 aliphatic heterocycles. The van der Waals surface area contributed by atoms with Gasteiger partial charge in [-0.25, -0.2) is 0 Å². The topological polar surface area (TPSA) is 55.4 Å². The molecule has 10 atom stereocenters. The second-order valence-corrected chi connectivity index (χ2v) is 11.1. The van der Waals surface area contributed by atoms with Gasteiger partial charge in [-0.05, 0) is 24.2 Å². The van der Waals surface area contributed by atoms with Crippen molar-refractivity contribution >= 4 is 0 Å². The van der Waals surface area contributed by atoms with Crippen molar-refractivity contribution < 1.29 is 28.4 Å². The number of fused-ring (bicyclic) bond motifs is 1. The lowest BCUT2D eigenvalue weighted by Gasteiger charge is -2.50. The molecule has 2 spiro atoms. The van der Waals surface area contributed by atoms with Crippen LogP contribution in [0.15, 0.2) is 0 Å². The van der Waals surface area contributed by atoms with Gasteiger partial charge in [0.25, 0.3) is 0 Å². The van der Waals surface area contributed by atoms with E-state index in [-0.39, 0.29) is 46.8 Å². The first kappa shape index (κ1) is 18.5. The molecule has 28 heavy (non-hydrogen) atoms. The summed E-state index contributed by atoms with van der Waals surface area (Å²) in [6.07, 6.45) is 1.83. The van der Waals surface area contributed by atoms with Gasteiger partial charge in [-0.3, -0.25) is 0 Å². The molecule has 0 aromatic rings. The lowest BCUT2D eigenvalue weighted by Crippen LogP contribution is -2.65. The highest BCUT2D eigenvalue weighted by Crippen LogP contribution is 2.84. The van der Waals surface area contributed by atoms with Crippen molar-refractivity contribution in [1.82, 2.24) is 0 Å². The molecule has 2 saturated carbocycles. The van der Waals surface area contributed by atoms with Crippen LogP contribution in [0.1, 0.15) is 40.5 Å². The standard InChI is InChI=1S/C22H34O6/c1-12-9-25-15-8-19-14-7-13(18(2,3)4)21(19)16(23-5)10-26-17(21)28-20(19,11-27-14)22(12,15)24-6/h12-17H,7-11H2,1-6H3/t12-,13+,14?,15?,16+,17+,19?,20-,21?,22-/m1/s1. The van der Waals surface area contributed by atoms with Gasteiger partial charge in [-0.1, -0.05) is 27.7 Å². The molecule has 0 aromatic heterocycles. The van der Waals surface area contributed by atoms with E-state index >= 15 is 0 Å². The summed E-state index contributed by atoms with van der Waals surface area (Å²) in [6.45, 7) is 11.1. The Balaban J connectivity index is 1.64. The lowest BCUT2D eigenvalue weighted by atomic mass is 9.51. The smallest absolute Gasteiger partial charge is 0.167 e. The minimum absolute atomic E-state index is 0.00154. The zero-order valence-electron chi connectivity index (χ0n) is 17.9. The van der Waals surface area contributed by atoms with Crippen LogP contribution < -0.4 is 0 Å². The summed E-state index contributed by atoms with van der Waals surface area (Å²) >= 11 is 0. The quantitative estimate of drug-likeness (QED) is 0.717. The summed E-state index contributed by atoms with van der Waals surface area (Å²) in [5.74, 6) is 0.627. The third-order valence-corrected chi connectivity index (χ3v) is 9.75. The first-order valence-electron chi connectivity index (χ1n) is 10.9. The molecule has 0 radical (unpaired) electrons. The number of hydrogen-bond acceptors (Lipinski definition) is 6. The second-order valence-electron chi connectivity index (χ2n) is 11.1. The highest BCUT2D eigenvalue weighted by atomic mass is 16.7. The zero-order valence-corrected chi connectivity index (χ0v) is 17.9. The molecule has 6 rings (SSSR count). The Morgan fingerprint density at radius 3 is 2.46 bits per heavy atom. The van der Waals surface area contributed by atoms with Gasteiger partial charge >= 0.3 is 0 Å². The number of rotatable bonds is 2. The Labute approximate surface area is 167 Å². The van der Waals surface area contributed by atoms with Crippen molar-refractivity contribution in [2.75, 3.05) is 34.0 Å². The molecule has 2 aliphatic carbocycles. The van der Waals surface area contributed by atoms with Crippen molar-refractivity contribution in [3.05, 3.63) is 0 Å². The van der Waals surface area contributed by atoms with Crippen LogP contribution in [0, 0.1) is 28.1 Å². The third kappa shape index (κ3) is 1.47. The summed E-state index contributed by atoms with van der Waals surface area (Å²) in [4.78, 5) is 0. The van der Waals surface area contributed by atoms with E-state index in [1.807, 2.05) is 14.2 Å². The Bertz CT molecular complexity index is 706. The van der Waals surface area contributed by atoms with Crippen molar-refractivity contribution in [2.45, 2.75) is 76.3 Å². The van der Waals surface area contributed by atoms with E-state index in [0.717, 1.165) is 12.8 Å². The van der Waals surface area contributed by atoms with Crippen molar-refractivity contribution in [3.8, 4) is 0 Å².